The minimum absolute atomic E-state index is 0.0445. The summed E-state index contributed by atoms with van der Waals surface area (Å²) in [5.74, 6) is -0.0445. The smallest absolute Gasteiger partial charge is 0.240 e. The Labute approximate surface area is 111 Å². The lowest BCUT2D eigenvalue weighted by molar-refractivity contribution is -0.132. The van der Waals surface area contributed by atoms with Crippen molar-refractivity contribution < 1.29 is 4.79 Å². The van der Waals surface area contributed by atoms with E-state index in [0.717, 1.165) is 9.21 Å². The molecule has 5 heteroatoms. The van der Waals surface area contributed by atoms with Crippen LogP contribution in [0.3, 0.4) is 0 Å². The van der Waals surface area contributed by atoms with E-state index in [1.807, 2.05) is 19.1 Å². The van der Waals surface area contributed by atoms with Gasteiger partial charge in [-0.2, -0.15) is 0 Å². The lowest BCUT2D eigenvalue weighted by atomic mass is 10.2. The fraction of sp³-hybridized carbons (Fsp3) is 0.417. The SMILES string of the molecule is C=CCN(Cc1ccc(Cl)s1)C(=O)[C@H](N)CC. The molecule has 0 aliphatic heterocycles. The van der Waals surface area contributed by atoms with Gasteiger partial charge in [0.05, 0.1) is 16.9 Å². The summed E-state index contributed by atoms with van der Waals surface area (Å²) in [6.45, 7) is 6.60. The zero-order chi connectivity index (χ0) is 12.8. The van der Waals surface area contributed by atoms with Gasteiger partial charge in [0, 0.05) is 11.4 Å². The van der Waals surface area contributed by atoms with Crippen molar-refractivity contribution in [1.29, 1.82) is 0 Å². The first-order chi connectivity index (χ1) is 8.08. The number of nitrogens with zero attached hydrogens (tertiary/aromatic N) is 1. The number of hydrogen-bond acceptors (Lipinski definition) is 3. The van der Waals surface area contributed by atoms with Crippen molar-refractivity contribution in [3.05, 3.63) is 34.0 Å². The summed E-state index contributed by atoms with van der Waals surface area (Å²) in [6, 6.07) is 3.32. The van der Waals surface area contributed by atoms with E-state index in [1.54, 1.807) is 11.0 Å². The second-order valence-corrected chi connectivity index (χ2v) is 5.53. The lowest BCUT2D eigenvalue weighted by Gasteiger charge is -2.23. The first-order valence-electron chi connectivity index (χ1n) is 5.48. The quantitative estimate of drug-likeness (QED) is 0.810. The Bertz CT molecular complexity index is 392. The summed E-state index contributed by atoms with van der Waals surface area (Å²) >= 11 is 7.34. The van der Waals surface area contributed by atoms with Crippen molar-refractivity contribution in [3.8, 4) is 0 Å². The minimum Gasteiger partial charge on any atom is -0.332 e. The summed E-state index contributed by atoms with van der Waals surface area (Å²) in [7, 11) is 0. The number of hydrogen-bond donors (Lipinski definition) is 1. The number of carbonyl (C=O) groups excluding carboxylic acids is 1. The summed E-state index contributed by atoms with van der Waals surface area (Å²) in [5, 5.41) is 0. The number of rotatable bonds is 6. The Morgan fingerprint density at radius 3 is 2.88 bits per heavy atom. The molecule has 0 unspecified atom stereocenters. The topological polar surface area (TPSA) is 46.3 Å². The van der Waals surface area contributed by atoms with Gasteiger partial charge in [-0.05, 0) is 18.6 Å². The molecule has 0 fully saturated rings. The highest BCUT2D eigenvalue weighted by atomic mass is 35.5. The molecule has 0 aliphatic carbocycles. The maximum atomic E-state index is 12.0. The zero-order valence-corrected chi connectivity index (χ0v) is 11.4. The van der Waals surface area contributed by atoms with Crippen LogP contribution in [0.2, 0.25) is 4.34 Å². The van der Waals surface area contributed by atoms with E-state index in [1.165, 1.54) is 11.3 Å². The van der Waals surface area contributed by atoms with Crippen molar-refractivity contribution in [2.75, 3.05) is 6.54 Å². The maximum Gasteiger partial charge on any atom is 0.240 e. The van der Waals surface area contributed by atoms with Crippen molar-refractivity contribution in [2.45, 2.75) is 25.9 Å². The van der Waals surface area contributed by atoms with Crippen LogP contribution < -0.4 is 5.73 Å². The summed E-state index contributed by atoms with van der Waals surface area (Å²) in [4.78, 5) is 14.7. The van der Waals surface area contributed by atoms with Gasteiger partial charge < -0.3 is 10.6 Å². The van der Waals surface area contributed by atoms with E-state index < -0.39 is 6.04 Å². The molecule has 0 radical (unpaired) electrons. The van der Waals surface area contributed by atoms with E-state index >= 15 is 0 Å². The van der Waals surface area contributed by atoms with Crippen LogP contribution in [0.4, 0.5) is 0 Å². The van der Waals surface area contributed by atoms with Gasteiger partial charge in [-0.25, -0.2) is 0 Å². The Balaban J connectivity index is 2.72. The third kappa shape index (κ3) is 4.15. The van der Waals surface area contributed by atoms with Crippen molar-refractivity contribution in [1.82, 2.24) is 4.90 Å². The highest BCUT2D eigenvalue weighted by Crippen LogP contribution is 2.22. The van der Waals surface area contributed by atoms with E-state index in [-0.39, 0.29) is 5.91 Å². The van der Waals surface area contributed by atoms with Gasteiger partial charge in [0.2, 0.25) is 5.91 Å². The molecule has 1 amide bonds. The Morgan fingerprint density at radius 2 is 2.41 bits per heavy atom. The highest BCUT2D eigenvalue weighted by molar-refractivity contribution is 7.16. The maximum absolute atomic E-state index is 12.0. The second-order valence-electron chi connectivity index (χ2n) is 3.73. The Morgan fingerprint density at radius 1 is 1.71 bits per heavy atom. The van der Waals surface area contributed by atoms with E-state index in [0.29, 0.717) is 19.5 Å². The summed E-state index contributed by atoms with van der Waals surface area (Å²) < 4.78 is 0.728. The number of nitrogens with two attached hydrogens (primary N) is 1. The fourth-order valence-electron chi connectivity index (χ4n) is 1.42. The highest BCUT2D eigenvalue weighted by Gasteiger charge is 2.19. The normalized spacial score (nSPS) is 12.2. The van der Waals surface area contributed by atoms with Crippen LogP contribution in [0.5, 0.6) is 0 Å². The van der Waals surface area contributed by atoms with E-state index in [9.17, 15) is 4.79 Å². The predicted octanol–water partition coefficient (Wildman–Crippen LogP) is 2.65. The van der Waals surface area contributed by atoms with E-state index in [2.05, 4.69) is 6.58 Å². The number of halogens is 1. The van der Waals surface area contributed by atoms with Gasteiger partial charge in [0.25, 0.3) is 0 Å². The zero-order valence-electron chi connectivity index (χ0n) is 9.86. The number of carbonyl (C=O) groups is 1. The Kier molecular flexibility index (Phi) is 5.68. The fourth-order valence-corrected chi connectivity index (χ4v) is 2.53. The van der Waals surface area contributed by atoms with Crippen LogP contribution in [-0.2, 0) is 11.3 Å². The molecule has 0 saturated heterocycles. The van der Waals surface area contributed by atoms with E-state index in [4.69, 9.17) is 17.3 Å². The molecule has 1 atom stereocenters. The predicted molar refractivity (Wildman–Crippen MR) is 73.2 cm³/mol. The monoisotopic (exact) mass is 272 g/mol. The van der Waals surface area contributed by atoms with Gasteiger partial charge in [-0.3, -0.25) is 4.79 Å². The summed E-state index contributed by atoms with van der Waals surface area (Å²) in [6.07, 6.45) is 2.34. The molecule has 1 aromatic heterocycles. The largest absolute Gasteiger partial charge is 0.332 e. The van der Waals surface area contributed by atoms with Gasteiger partial charge in [0.1, 0.15) is 0 Å². The molecular weight excluding hydrogens is 256 g/mol. The molecule has 1 aromatic rings. The van der Waals surface area contributed by atoms with Crippen LogP contribution in [-0.4, -0.2) is 23.4 Å². The van der Waals surface area contributed by atoms with Gasteiger partial charge >= 0.3 is 0 Å². The number of amides is 1. The molecule has 17 heavy (non-hydrogen) atoms. The van der Waals surface area contributed by atoms with Gasteiger partial charge in [-0.1, -0.05) is 24.6 Å². The molecule has 1 heterocycles. The van der Waals surface area contributed by atoms with Gasteiger partial charge in [-0.15, -0.1) is 17.9 Å². The number of thiophene rings is 1. The molecule has 2 N–H and O–H groups in total. The molecule has 1 rings (SSSR count). The molecule has 0 aliphatic rings. The third-order valence-corrected chi connectivity index (χ3v) is 3.61. The molecule has 94 valence electrons. The summed E-state index contributed by atoms with van der Waals surface area (Å²) in [5.41, 5.74) is 5.76. The first kappa shape index (κ1) is 14.2. The van der Waals surface area contributed by atoms with Crippen molar-refractivity contribution in [2.24, 2.45) is 5.73 Å². The molecule has 0 bridgehead atoms. The van der Waals surface area contributed by atoms with Crippen LogP contribution in [0.15, 0.2) is 24.8 Å². The molecule has 0 saturated carbocycles. The first-order valence-corrected chi connectivity index (χ1v) is 6.67. The third-order valence-electron chi connectivity index (χ3n) is 2.39. The second kappa shape index (κ2) is 6.79. The van der Waals surface area contributed by atoms with Gasteiger partial charge in [0.15, 0.2) is 0 Å². The van der Waals surface area contributed by atoms with Crippen LogP contribution in [0.25, 0.3) is 0 Å². The molecule has 0 aromatic carbocycles. The average molecular weight is 273 g/mol. The molecule has 3 nitrogen and oxygen atoms in total. The molecule has 0 spiro atoms. The van der Waals surface area contributed by atoms with Crippen molar-refractivity contribution in [3.63, 3.8) is 0 Å². The minimum atomic E-state index is -0.439. The van der Waals surface area contributed by atoms with Crippen molar-refractivity contribution >= 4 is 28.8 Å². The van der Waals surface area contributed by atoms with Crippen LogP contribution >= 0.6 is 22.9 Å². The lowest BCUT2D eigenvalue weighted by Crippen LogP contribution is -2.42. The molecular formula is C12H17ClN2OS. The average Bonchev–Trinajstić information content (AvgIpc) is 2.72. The Hall–Kier alpha value is -0.840. The van der Waals surface area contributed by atoms with Crippen LogP contribution in [0.1, 0.15) is 18.2 Å². The standard InChI is InChI=1S/C12H17ClN2OS/c1-3-7-15(12(16)10(14)4-2)8-9-5-6-11(13)17-9/h3,5-6,10H,1,4,7-8,14H2,2H3/t10-/m1/s1. The van der Waals surface area contributed by atoms with Crippen LogP contribution in [0, 0.1) is 0 Å².